The summed E-state index contributed by atoms with van der Waals surface area (Å²) in [6, 6.07) is 15.8. The largest absolute Gasteiger partial charge is 0.370 e. The van der Waals surface area contributed by atoms with Gasteiger partial charge in [0.15, 0.2) is 0 Å². The van der Waals surface area contributed by atoms with Gasteiger partial charge in [0.05, 0.1) is 23.6 Å². The summed E-state index contributed by atoms with van der Waals surface area (Å²) >= 11 is 0. The molecular weight excluding hydrogens is 342 g/mol. The van der Waals surface area contributed by atoms with Crippen LogP contribution in [-0.4, -0.2) is 23.9 Å². The molecule has 7 heteroatoms. The number of para-hydroxylation sites is 1. The Hall–Kier alpha value is -3.32. The fraction of sp³-hybridized carbons (Fsp3) is 0.200. The van der Waals surface area contributed by atoms with Gasteiger partial charge in [-0.25, -0.2) is 0 Å². The van der Waals surface area contributed by atoms with Crippen LogP contribution >= 0.6 is 0 Å². The van der Waals surface area contributed by atoms with Crippen molar-refractivity contribution in [1.82, 2.24) is 16.0 Å². The van der Waals surface area contributed by atoms with E-state index >= 15 is 0 Å². The van der Waals surface area contributed by atoms with Crippen LogP contribution in [-0.2, 0) is 16.1 Å². The molecule has 0 bridgehead atoms. The lowest BCUT2D eigenvalue weighted by atomic mass is 9.96. The minimum Gasteiger partial charge on any atom is -0.370 e. The topological polar surface area (TPSA) is 90.7 Å². The van der Waals surface area contributed by atoms with Crippen LogP contribution in [0.4, 0.5) is 5.69 Å². The highest BCUT2D eigenvalue weighted by Gasteiger charge is 2.31. The van der Waals surface area contributed by atoms with Crippen LogP contribution < -0.4 is 21.6 Å². The molecule has 2 aromatic carbocycles. The second kappa shape index (κ2) is 6.77. The number of fused-ring (bicyclic) bond motifs is 4. The molecule has 2 aliphatic heterocycles. The number of primary amides is 1. The van der Waals surface area contributed by atoms with Gasteiger partial charge in [0.1, 0.15) is 0 Å². The molecule has 7 nitrogen and oxygen atoms in total. The van der Waals surface area contributed by atoms with Crippen LogP contribution in [0, 0.1) is 0 Å². The first-order valence-corrected chi connectivity index (χ1v) is 8.82. The maximum atomic E-state index is 13.0. The Bertz CT molecular complexity index is 953. The van der Waals surface area contributed by atoms with Gasteiger partial charge in [-0.2, -0.15) is 0 Å². The van der Waals surface area contributed by atoms with Crippen molar-refractivity contribution in [2.24, 2.45) is 5.73 Å². The van der Waals surface area contributed by atoms with E-state index in [1.807, 2.05) is 54.5 Å². The van der Waals surface area contributed by atoms with Crippen molar-refractivity contribution < 1.29 is 9.59 Å². The van der Waals surface area contributed by atoms with Gasteiger partial charge in [0.25, 0.3) is 0 Å². The fourth-order valence-corrected chi connectivity index (χ4v) is 3.59. The Kier molecular flexibility index (Phi) is 4.29. The summed E-state index contributed by atoms with van der Waals surface area (Å²) in [5.41, 5.74) is 17.3. The van der Waals surface area contributed by atoms with Gasteiger partial charge in [-0.3, -0.25) is 14.6 Å². The molecule has 0 aliphatic carbocycles. The number of benzene rings is 2. The molecule has 0 saturated carbocycles. The number of anilines is 1. The molecule has 2 heterocycles. The second-order valence-electron chi connectivity index (χ2n) is 6.64. The number of hydrogen-bond acceptors (Lipinski definition) is 5. The van der Waals surface area contributed by atoms with Crippen LogP contribution in [0.25, 0.3) is 11.4 Å². The molecule has 4 N–H and O–H groups in total. The maximum Gasteiger partial charge on any atom is 0.227 e. The molecule has 0 unspecified atom stereocenters. The van der Waals surface area contributed by atoms with Crippen LogP contribution in [0.15, 0.2) is 48.5 Å². The molecular formula is C20H21N5O2. The van der Waals surface area contributed by atoms with Crippen molar-refractivity contribution in [2.75, 3.05) is 11.9 Å². The quantitative estimate of drug-likeness (QED) is 0.770. The van der Waals surface area contributed by atoms with E-state index in [-0.39, 0.29) is 18.7 Å². The smallest absolute Gasteiger partial charge is 0.227 e. The van der Waals surface area contributed by atoms with Gasteiger partial charge >= 0.3 is 0 Å². The van der Waals surface area contributed by atoms with Crippen LogP contribution in [0.1, 0.15) is 29.5 Å². The average Bonchev–Trinajstić information content (AvgIpc) is 3.04. The van der Waals surface area contributed by atoms with Gasteiger partial charge in [-0.05, 0) is 11.6 Å². The molecule has 2 amide bonds. The van der Waals surface area contributed by atoms with Gasteiger partial charge in [-0.15, -0.1) is 5.53 Å². The van der Waals surface area contributed by atoms with Gasteiger partial charge in [-0.1, -0.05) is 42.5 Å². The number of carbonyl (C=O) groups excluding carboxylic acids is 2. The van der Waals surface area contributed by atoms with E-state index in [0.29, 0.717) is 6.54 Å². The Morgan fingerprint density at radius 3 is 2.52 bits per heavy atom. The maximum absolute atomic E-state index is 13.0. The number of carbonyl (C=O) groups is 2. The lowest BCUT2D eigenvalue weighted by Gasteiger charge is -2.29. The number of rotatable bonds is 3. The van der Waals surface area contributed by atoms with E-state index < -0.39 is 5.91 Å². The number of nitrogens with zero attached hydrogens (tertiary/aromatic N) is 2. The number of hydrogen-bond donors (Lipinski definition) is 3. The Morgan fingerprint density at radius 1 is 1.04 bits per heavy atom. The number of hydrazine groups is 2. The molecule has 0 radical (unpaired) electrons. The highest BCUT2D eigenvalue weighted by molar-refractivity contribution is 6.02. The van der Waals surface area contributed by atoms with Crippen molar-refractivity contribution in [1.29, 1.82) is 0 Å². The Labute approximate surface area is 157 Å². The van der Waals surface area contributed by atoms with Crippen molar-refractivity contribution in [3.8, 4) is 0 Å². The van der Waals surface area contributed by atoms with E-state index in [0.717, 1.165) is 33.8 Å². The molecule has 0 saturated heterocycles. The number of amides is 2. The molecule has 138 valence electrons. The van der Waals surface area contributed by atoms with Gasteiger partial charge < -0.3 is 16.1 Å². The van der Waals surface area contributed by atoms with Crippen LogP contribution in [0.2, 0.25) is 0 Å². The first-order valence-electron chi connectivity index (χ1n) is 8.82. The monoisotopic (exact) mass is 363 g/mol. The zero-order chi connectivity index (χ0) is 19.0. The molecule has 2 aliphatic rings. The summed E-state index contributed by atoms with van der Waals surface area (Å²) in [5.74, 6) is -0.600. The third kappa shape index (κ3) is 3.02. The lowest BCUT2D eigenvalue weighted by molar-refractivity contribution is -0.123. The first kappa shape index (κ1) is 17.1. The summed E-state index contributed by atoms with van der Waals surface area (Å²) in [4.78, 5) is 25.8. The van der Waals surface area contributed by atoms with Crippen molar-refractivity contribution in [2.45, 2.75) is 19.4 Å². The van der Waals surface area contributed by atoms with Crippen molar-refractivity contribution in [3.05, 3.63) is 65.2 Å². The average molecular weight is 363 g/mol. The van der Waals surface area contributed by atoms with E-state index in [9.17, 15) is 9.59 Å². The van der Waals surface area contributed by atoms with Crippen LogP contribution in [0.3, 0.4) is 0 Å². The van der Waals surface area contributed by atoms with Crippen molar-refractivity contribution in [3.63, 3.8) is 0 Å². The predicted octanol–water partition coefficient (Wildman–Crippen LogP) is 1.58. The predicted molar refractivity (Wildman–Crippen MR) is 103 cm³/mol. The summed E-state index contributed by atoms with van der Waals surface area (Å²) in [5, 5.41) is 1.94. The SMILES string of the molecule is CN1NNC2=C1c1ccccc1CN(C(=O)CCC(N)=O)c1ccccc12. The van der Waals surface area contributed by atoms with E-state index in [4.69, 9.17) is 5.73 Å². The van der Waals surface area contributed by atoms with Gasteiger partial charge in [0, 0.05) is 31.0 Å². The third-order valence-electron chi connectivity index (χ3n) is 4.87. The highest BCUT2D eigenvalue weighted by atomic mass is 16.2. The summed E-state index contributed by atoms with van der Waals surface area (Å²) in [7, 11) is 1.95. The molecule has 4 rings (SSSR count). The Morgan fingerprint density at radius 2 is 1.74 bits per heavy atom. The van der Waals surface area contributed by atoms with E-state index in [2.05, 4.69) is 17.0 Å². The third-order valence-corrected chi connectivity index (χ3v) is 4.87. The number of nitrogens with two attached hydrogens (primary N) is 1. The summed E-state index contributed by atoms with van der Waals surface area (Å²) in [6.45, 7) is 0.426. The minimum atomic E-state index is -0.475. The zero-order valence-corrected chi connectivity index (χ0v) is 15.0. The van der Waals surface area contributed by atoms with E-state index in [1.54, 1.807) is 4.90 Å². The van der Waals surface area contributed by atoms with E-state index in [1.165, 1.54) is 0 Å². The molecule has 0 fully saturated rings. The molecule has 0 aromatic heterocycles. The second-order valence-corrected chi connectivity index (χ2v) is 6.64. The first-order chi connectivity index (χ1) is 13.1. The number of nitrogens with one attached hydrogen (secondary N) is 2. The van der Waals surface area contributed by atoms with Gasteiger partial charge in [0.2, 0.25) is 11.8 Å². The van der Waals surface area contributed by atoms with Crippen molar-refractivity contribution >= 4 is 28.9 Å². The molecule has 0 atom stereocenters. The molecule has 0 spiro atoms. The summed E-state index contributed by atoms with van der Waals surface area (Å²) in [6.07, 6.45) is 0.124. The van der Waals surface area contributed by atoms with Crippen LogP contribution in [0.5, 0.6) is 0 Å². The standard InChI is InChI=1S/C20H21N5O2/c1-24-20-14-7-3-2-6-13(14)12-25(18(27)11-10-17(21)26)16-9-5-4-8-15(16)19(20)22-23-24/h2-9,22-23H,10-12H2,1H3,(H2,21,26). The molecule has 2 aromatic rings. The Balaban J connectivity index is 1.89. The fourth-order valence-electron chi connectivity index (χ4n) is 3.59. The summed E-state index contributed by atoms with van der Waals surface area (Å²) < 4.78 is 0. The molecule has 27 heavy (non-hydrogen) atoms. The lowest BCUT2D eigenvalue weighted by Crippen LogP contribution is -2.34. The highest BCUT2D eigenvalue weighted by Crippen LogP contribution is 2.38. The zero-order valence-electron chi connectivity index (χ0n) is 15.0. The minimum absolute atomic E-state index is 0.0373. The normalized spacial score (nSPS) is 15.3.